The number of aromatic nitrogens is 3. The molecule has 0 spiro atoms. The molecule has 35 heavy (non-hydrogen) atoms. The van der Waals surface area contributed by atoms with Crippen molar-refractivity contribution in [1.82, 2.24) is 18.8 Å². The van der Waals surface area contributed by atoms with Crippen LogP contribution in [-0.2, 0) is 21.4 Å². The number of hydrogen-bond donors (Lipinski definition) is 1. The van der Waals surface area contributed by atoms with Gasteiger partial charge >= 0.3 is 0 Å². The standard InChI is InChI=1S/C23H25N5O4S3/c1-13-8-14(2)10-28(9-13)35(31,32)20-15(3)33-21-19(20)22(30)27(12-24-21)11-18(29)26-23-25-16-6-4-5-7-17(16)34-23/h4-7,12-14H,8-11H2,1-3H3,(H,25,26,29)/t13-,14-/m1/s1. The van der Waals surface area contributed by atoms with Crippen LogP contribution in [0.3, 0.4) is 0 Å². The molecule has 12 heteroatoms. The topological polar surface area (TPSA) is 114 Å². The third kappa shape index (κ3) is 4.51. The number of carbonyl (C=O) groups is 1. The number of thiophene rings is 1. The van der Waals surface area contributed by atoms with Crippen LogP contribution in [0.4, 0.5) is 5.13 Å². The molecule has 1 fully saturated rings. The Morgan fingerprint density at radius 3 is 2.60 bits per heavy atom. The van der Waals surface area contributed by atoms with Gasteiger partial charge in [-0.25, -0.2) is 18.4 Å². The number of nitrogens with one attached hydrogen (secondary N) is 1. The molecule has 0 radical (unpaired) electrons. The lowest BCUT2D eigenvalue weighted by Gasteiger charge is -2.34. The second kappa shape index (κ2) is 9.08. The van der Waals surface area contributed by atoms with Crippen LogP contribution >= 0.6 is 22.7 Å². The van der Waals surface area contributed by atoms with Crippen LogP contribution in [0, 0.1) is 18.8 Å². The highest BCUT2D eigenvalue weighted by Crippen LogP contribution is 2.35. The van der Waals surface area contributed by atoms with Crippen LogP contribution in [0.1, 0.15) is 25.1 Å². The number of hydrogen-bond acceptors (Lipinski definition) is 8. The molecule has 9 nitrogen and oxygen atoms in total. The zero-order valence-electron chi connectivity index (χ0n) is 19.5. The van der Waals surface area contributed by atoms with Crippen LogP contribution in [-0.4, -0.2) is 46.3 Å². The Hall–Kier alpha value is -2.67. The molecule has 1 aliphatic rings. The van der Waals surface area contributed by atoms with Crippen molar-refractivity contribution >= 4 is 64.2 Å². The van der Waals surface area contributed by atoms with Crippen LogP contribution in [0.15, 0.2) is 40.3 Å². The van der Waals surface area contributed by atoms with Crippen molar-refractivity contribution in [2.45, 2.75) is 38.6 Å². The Bertz CT molecular complexity index is 1560. The fraction of sp³-hybridized carbons (Fsp3) is 0.391. The van der Waals surface area contributed by atoms with E-state index in [4.69, 9.17) is 0 Å². The first-order valence-electron chi connectivity index (χ1n) is 11.3. The Kier molecular flexibility index (Phi) is 6.24. The summed E-state index contributed by atoms with van der Waals surface area (Å²) in [6, 6.07) is 7.53. The van der Waals surface area contributed by atoms with E-state index in [-0.39, 0.29) is 28.7 Å². The van der Waals surface area contributed by atoms with Gasteiger partial charge in [0.15, 0.2) is 5.13 Å². The van der Waals surface area contributed by atoms with E-state index < -0.39 is 21.5 Å². The van der Waals surface area contributed by atoms with E-state index in [9.17, 15) is 18.0 Å². The number of para-hydroxylation sites is 1. The first-order chi connectivity index (χ1) is 16.6. The maximum Gasteiger partial charge on any atom is 0.263 e. The monoisotopic (exact) mass is 531 g/mol. The van der Waals surface area contributed by atoms with Crippen LogP contribution in [0.5, 0.6) is 0 Å². The smallest absolute Gasteiger partial charge is 0.263 e. The number of rotatable bonds is 5. The van der Waals surface area contributed by atoms with E-state index in [2.05, 4.69) is 15.3 Å². The van der Waals surface area contributed by atoms with E-state index >= 15 is 0 Å². The summed E-state index contributed by atoms with van der Waals surface area (Å²) in [5, 5.41) is 3.21. The number of anilines is 1. The van der Waals surface area contributed by atoms with Gasteiger partial charge < -0.3 is 5.32 Å². The molecule has 1 saturated heterocycles. The lowest BCUT2D eigenvalue weighted by molar-refractivity contribution is -0.116. The van der Waals surface area contributed by atoms with Crippen LogP contribution in [0.2, 0.25) is 0 Å². The van der Waals surface area contributed by atoms with Crippen molar-refractivity contribution in [2.75, 3.05) is 18.4 Å². The number of sulfonamides is 1. The molecule has 1 aliphatic heterocycles. The van der Waals surface area contributed by atoms with Gasteiger partial charge in [0, 0.05) is 18.0 Å². The third-order valence-corrected chi connectivity index (χ3v) is 10.2. The molecule has 0 saturated carbocycles. The first-order valence-corrected chi connectivity index (χ1v) is 14.3. The number of nitrogens with zero attached hydrogens (tertiary/aromatic N) is 4. The summed E-state index contributed by atoms with van der Waals surface area (Å²) in [4.78, 5) is 35.7. The highest BCUT2D eigenvalue weighted by atomic mass is 32.2. The van der Waals surface area contributed by atoms with Gasteiger partial charge in [0.05, 0.1) is 21.9 Å². The lowest BCUT2D eigenvalue weighted by atomic mass is 9.94. The van der Waals surface area contributed by atoms with Gasteiger partial charge in [0.1, 0.15) is 16.3 Å². The van der Waals surface area contributed by atoms with Crippen LogP contribution < -0.4 is 10.9 Å². The molecule has 1 amide bonds. The van der Waals surface area contributed by atoms with Gasteiger partial charge in [-0.15, -0.1) is 11.3 Å². The quantitative estimate of drug-likeness (QED) is 0.420. The fourth-order valence-electron chi connectivity index (χ4n) is 4.71. The second-order valence-electron chi connectivity index (χ2n) is 9.15. The van der Waals surface area contributed by atoms with Crippen molar-refractivity contribution in [1.29, 1.82) is 0 Å². The van der Waals surface area contributed by atoms with Crippen LogP contribution in [0.25, 0.3) is 20.4 Å². The van der Waals surface area contributed by atoms with Gasteiger partial charge in [-0.3, -0.25) is 14.2 Å². The Labute approximate surface area is 210 Å². The van der Waals surface area contributed by atoms with Crippen molar-refractivity contribution in [2.24, 2.45) is 11.8 Å². The predicted octanol–water partition coefficient (Wildman–Crippen LogP) is 3.68. The number of fused-ring (bicyclic) bond motifs is 2. The maximum atomic E-state index is 13.7. The molecule has 2 atom stereocenters. The molecular weight excluding hydrogens is 506 g/mol. The summed E-state index contributed by atoms with van der Waals surface area (Å²) >= 11 is 2.52. The second-order valence-corrected chi connectivity index (χ2v) is 13.3. The van der Waals surface area contributed by atoms with Gasteiger partial charge in [0.25, 0.3) is 5.56 Å². The van der Waals surface area contributed by atoms with Crippen molar-refractivity contribution in [3.8, 4) is 0 Å². The van der Waals surface area contributed by atoms with E-state index in [0.717, 1.165) is 21.2 Å². The minimum atomic E-state index is -3.89. The lowest BCUT2D eigenvalue weighted by Crippen LogP contribution is -2.42. The van der Waals surface area contributed by atoms with E-state index in [1.165, 1.54) is 33.3 Å². The Morgan fingerprint density at radius 1 is 1.17 bits per heavy atom. The summed E-state index contributed by atoms with van der Waals surface area (Å²) in [7, 11) is -3.89. The SMILES string of the molecule is Cc1sc2ncn(CC(=O)Nc3nc4ccccc4s3)c(=O)c2c1S(=O)(=O)N1C[C@H](C)C[C@@H](C)C1. The molecule has 4 heterocycles. The number of amides is 1. The van der Waals surface area contributed by atoms with Crippen molar-refractivity contribution in [3.05, 3.63) is 45.8 Å². The predicted molar refractivity (Wildman–Crippen MR) is 139 cm³/mol. The van der Waals surface area contributed by atoms with E-state index in [1.807, 2.05) is 38.1 Å². The average molecular weight is 532 g/mol. The molecule has 184 valence electrons. The summed E-state index contributed by atoms with van der Waals surface area (Å²) in [5.41, 5.74) is 0.230. The minimum absolute atomic E-state index is 0.0113. The molecule has 1 aromatic carbocycles. The summed E-state index contributed by atoms with van der Waals surface area (Å²) in [5.74, 6) is 0.0294. The number of benzene rings is 1. The van der Waals surface area contributed by atoms with Gasteiger partial charge in [0.2, 0.25) is 15.9 Å². The third-order valence-electron chi connectivity index (χ3n) is 6.09. The molecule has 0 aliphatic carbocycles. The normalized spacial score (nSPS) is 19.4. The molecule has 5 rings (SSSR count). The maximum absolute atomic E-state index is 13.7. The summed E-state index contributed by atoms with van der Waals surface area (Å²) < 4.78 is 30.9. The largest absolute Gasteiger partial charge is 0.300 e. The zero-order valence-corrected chi connectivity index (χ0v) is 22.0. The fourth-order valence-corrected chi connectivity index (χ4v) is 8.94. The first kappa shape index (κ1) is 24.0. The molecule has 3 aromatic heterocycles. The zero-order chi connectivity index (χ0) is 24.9. The molecular formula is C23H25N5O4S3. The molecule has 0 bridgehead atoms. The summed E-state index contributed by atoms with van der Waals surface area (Å²) in [6.07, 6.45) is 2.26. The number of thiazole rings is 1. The highest BCUT2D eigenvalue weighted by molar-refractivity contribution is 7.89. The number of carbonyl (C=O) groups excluding carboxylic acids is 1. The Balaban J connectivity index is 1.47. The summed E-state index contributed by atoms with van der Waals surface area (Å²) in [6.45, 7) is 6.30. The van der Waals surface area contributed by atoms with Gasteiger partial charge in [-0.1, -0.05) is 37.3 Å². The Morgan fingerprint density at radius 2 is 1.89 bits per heavy atom. The van der Waals surface area contributed by atoms with Gasteiger partial charge in [-0.2, -0.15) is 4.31 Å². The van der Waals surface area contributed by atoms with E-state index in [1.54, 1.807) is 6.92 Å². The van der Waals surface area contributed by atoms with Crippen molar-refractivity contribution in [3.63, 3.8) is 0 Å². The van der Waals surface area contributed by atoms with Gasteiger partial charge in [-0.05, 0) is 37.3 Å². The molecule has 0 unspecified atom stereocenters. The van der Waals surface area contributed by atoms with Crippen molar-refractivity contribution < 1.29 is 13.2 Å². The molecule has 4 aromatic rings. The number of piperidine rings is 1. The molecule has 1 N–H and O–H groups in total. The minimum Gasteiger partial charge on any atom is -0.300 e. The van der Waals surface area contributed by atoms with E-state index in [0.29, 0.717) is 27.9 Å². The average Bonchev–Trinajstić information content (AvgIpc) is 3.35. The number of aryl methyl sites for hydroxylation is 1. The highest BCUT2D eigenvalue weighted by Gasteiger charge is 2.35.